The van der Waals surface area contributed by atoms with Crippen molar-refractivity contribution < 1.29 is 27.9 Å². The van der Waals surface area contributed by atoms with Gasteiger partial charge in [0.15, 0.2) is 6.61 Å². The summed E-state index contributed by atoms with van der Waals surface area (Å²) < 4.78 is 21.9. The maximum atomic E-state index is 13.2. The van der Waals surface area contributed by atoms with Crippen LogP contribution in [0.25, 0.3) is 6.08 Å². The molecule has 2 aliphatic rings. The fourth-order valence-corrected chi connectivity index (χ4v) is 4.62. The van der Waals surface area contributed by atoms with Gasteiger partial charge in [-0.05, 0) is 86.4 Å². The smallest absolute Gasteiger partial charge is 0.338 e. The molecule has 1 aliphatic carbocycles. The zero-order valence-electron chi connectivity index (χ0n) is 19.4. The number of fused-ring (bicyclic) bond motifs is 1. The molecule has 1 amide bonds. The number of esters is 1. The first kappa shape index (κ1) is 22.7. The summed E-state index contributed by atoms with van der Waals surface area (Å²) in [6.45, 7) is 1.99. The molecule has 0 radical (unpaired) electrons. The first-order valence-corrected chi connectivity index (χ1v) is 11.7. The summed E-state index contributed by atoms with van der Waals surface area (Å²) in [5.41, 5.74) is 2.23. The number of carbonyl (C=O) groups excluding carboxylic acids is 2. The van der Waals surface area contributed by atoms with Crippen LogP contribution in [0.2, 0.25) is 0 Å². The Morgan fingerprint density at radius 3 is 2.63 bits per heavy atom. The van der Waals surface area contributed by atoms with Gasteiger partial charge in [-0.15, -0.1) is 0 Å². The van der Waals surface area contributed by atoms with Crippen molar-refractivity contribution in [2.24, 2.45) is 11.0 Å². The van der Waals surface area contributed by atoms with E-state index in [-0.39, 0.29) is 5.92 Å². The Kier molecular flexibility index (Phi) is 6.52. The highest BCUT2D eigenvalue weighted by atomic mass is 16.5. The van der Waals surface area contributed by atoms with Crippen LogP contribution in [0.3, 0.4) is 0 Å². The summed E-state index contributed by atoms with van der Waals surface area (Å²) in [4.78, 5) is 25.8. The number of carbonyl (C=O) groups is 2. The molecular weight excluding hydrogens is 448 g/mol. The van der Waals surface area contributed by atoms with Crippen LogP contribution in [0.15, 0.2) is 80.6 Å². The molecular formula is C27H26N2O6. The van der Waals surface area contributed by atoms with Crippen LogP contribution in [-0.2, 0) is 9.53 Å². The van der Waals surface area contributed by atoms with Gasteiger partial charge in [0.25, 0.3) is 5.91 Å². The highest BCUT2D eigenvalue weighted by molar-refractivity contribution is 6.08. The van der Waals surface area contributed by atoms with Gasteiger partial charge in [-0.2, -0.15) is 5.10 Å². The minimum atomic E-state index is -0.585. The second-order valence-corrected chi connectivity index (χ2v) is 8.40. The molecule has 3 aromatic rings. The fraction of sp³-hybridized carbons (Fsp3) is 0.296. The highest BCUT2D eigenvalue weighted by Crippen LogP contribution is 2.44. The normalized spacial score (nSPS) is 20.4. The van der Waals surface area contributed by atoms with E-state index in [0.717, 1.165) is 36.3 Å². The van der Waals surface area contributed by atoms with E-state index in [1.807, 2.05) is 31.2 Å². The van der Waals surface area contributed by atoms with E-state index < -0.39 is 24.5 Å². The molecule has 0 saturated heterocycles. The van der Waals surface area contributed by atoms with Crippen LogP contribution < -0.4 is 4.74 Å². The summed E-state index contributed by atoms with van der Waals surface area (Å²) in [6.07, 6.45) is 7.87. The van der Waals surface area contributed by atoms with E-state index in [4.69, 9.17) is 23.4 Å². The predicted molar refractivity (Wildman–Crippen MR) is 128 cm³/mol. The lowest BCUT2D eigenvalue weighted by Crippen LogP contribution is -2.34. The Morgan fingerprint density at radius 1 is 1.11 bits per heavy atom. The fourth-order valence-electron chi connectivity index (χ4n) is 4.62. The maximum absolute atomic E-state index is 13.2. The molecule has 1 aliphatic heterocycles. The van der Waals surface area contributed by atoms with Crippen molar-refractivity contribution in [2.75, 3.05) is 13.2 Å². The molecule has 0 bridgehead atoms. The van der Waals surface area contributed by atoms with E-state index in [1.54, 1.807) is 42.9 Å². The zero-order valence-corrected chi connectivity index (χ0v) is 19.4. The van der Waals surface area contributed by atoms with E-state index in [9.17, 15) is 9.59 Å². The van der Waals surface area contributed by atoms with Crippen LogP contribution >= 0.6 is 0 Å². The largest absolute Gasteiger partial charge is 0.494 e. The number of hydrazone groups is 1. The summed E-state index contributed by atoms with van der Waals surface area (Å²) in [5, 5.41) is 6.12. The molecule has 1 fully saturated rings. The second kappa shape index (κ2) is 10.0. The maximum Gasteiger partial charge on any atom is 0.338 e. The number of furan rings is 2. The van der Waals surface area contributed by atoms with Gasteiger partial charge in [0.05, 0.1) is 30.4 Å². The van der Waals surface area contributed by atoms with Crippen molar-refractivity contribution in [3.63, 3.8) is 0 Å². The summed E-state index contributed by atoms with van der Waals surface area (Å²) in [6, 6.07) is 13.6. The van der Waals surface area contributed by atoms with Crippen molar-refractivity contribution in [1.82, 2.24) is 5.01 Å². The number of nitrogens with zero attached hydrogens (tertiary/aromatic N) is 2. The van der Waals surface area contributed by atoms with Gasteiger partial charge in [0, 0.05) is 5.92 Å². The van der Waals surface area contributed by atoms with Gasteiger partial charge in [-0.1, -0.05) is 0 Å². The number of amides is 1. The Labute approximate surface area is 202 Å². The monoisotopic (exact) mass is 474 g/mol. The minimum absolute atomic E-state index is 0.0122. The molecule has 8 nitrogen and oxygen atoms in total. The molecule has 180 valence electrons. The molecule has 8 heteroatoms. The molecule has 2 unspecified atom stereocenters. The number of ether oxygens (including phenoxy) is 2. The zero-order chi connectivity index (χ0) is 24.2. The van der Waals surface area contributed by atoms with Crippen LogP contribution in [0.4, 0.5) is 0 Å². The molecule has 1 aromatic carbocycles. The molecule has 2 aromatic heterocycles. The van der Waals surface area contributed by atoms with Crippen LogP contribution in [0, 0.1) is 5.92 Å². The number of allylic oxidation sites excluding steroid dienone is 1. The van der Waals surface area contributed by atoms with Crippen LogP contribution in [-0.4, -0.2) is 35.8 Å². The first-order valence-electron chi connectivity index (χ1n) is 11.7. The first-order chi connectivity index (χ1) is 17.1. The molecule has 2 atom stereocenters. The molecule has 0 spiro atoms. The molecule has 0 N–H and O–H groups in total. The Balaban J connectivity index is 1.35. The van der Waals surface area contributed by atoms with Crippen molar-refractivity contribution >= 4 is 23.7 Å². The lowest BCUT2D eigenvalue weighted by atomic mass is 9.79. The summed E-state index contributed by atoms with van der Waals surface area (Å²) >= 11 is 0. The quantitative estimate of drug-likeness (QED) is 0.434. The lowest BCUT2D eigenvalue weighted by molar-refractivity contribution is -0.137. The molecule has 35 heavy (non-hydrogen) atoms. The third kappa shape index (κ3) is 4.77. The Bertz CT molecular complexity index is 1230. The average Bonchev–Trinajstić information content (AvgIpc) is 3.64. The number of rotatable bonds is 7. The molecule has 5 rings (SSSR count). The average molecular weight is 475 g/mol. The van der Waals surface area contributed by atoms with Gasteiger partial charge < -0.3 is 18.3 Å². The minimum Gasteiger partial charge on any atom is -0.494 e. The topological polar surface area (TPSA) is 94.5 Å². The van der Waals surface area contributed by atoms with Gasteiger partial charge in [-0.3, -0.25) is 4.79 Å². The predicted octanol–water partition coefficient (Wildman–Crippen LogP) is 5.25. The number of hydrogen-bond acceptors (Lipinski definition) is 7. The van der Waals surface area contributed by atoms with Crippen molar-refractivity contribution in [2.45, 2.75) is 32.2 Å². The van der Waals surface area contributed by atoms with Gasteiger partial charge in [0.2, 0.25) is 0 Å². The standard InChI is InChI=1S/C27H26N2O6/c1-2-32-20-12-10-18(11-13-20)27(31)35-17-24(30)29-26(23-9-5-15-34-23)22-8-3-6-19(25(22)28-29)16-21-7-4-14-33-21/h4-5,7,9-16,22,26H,2-3,6,8,17H2,1H3. The van der Waals surface area contributed by atoms with Crippen molar-refractivity contribution in [1.29, 1.82) is 0 Å². The van der Waals surface area contributed by atoms with Crippen molar-refractivity contribution in [3.05, 3.63) is 83.7 Å². The van der Waals surface area contributed by atoms with Crippen LogP contribution in [0.5, 0.6) is 5.75 Å². The van der Waals surface area contributed by atoms with Crippen molar-refractivity contribution in [3.8, 4) is 5.75 Å². The van der Waals surface area contributed by atoms with E-state index in [2.05, 4.69) is 0 Å². The Morgan fingerprint density at radius 2 is 1.91 bits per heavy atom. The SMILES string of the molecule is CCOc1ccc(C(=O)OCC(=O)N2N=C3C(=Cc4ccco4)CCCC3C2c2ccco2)cc1. The van der Waals surface area contributed by atoms with E-state index in [1.165, 1.54) is 5.01 Å². The number of benzene rings is 1. The molecule has 1 saturated carbocycles. The van der Waals surface area contributed by atoms with E-state index in [0.29, 0.717) is 23.7 Å². The summed E-state index contributed by atoms with van der Waals surface area (Å²) in [7, 11) is 0. The number of hydrogen-bond donors (Lipinski definition) is 0. The van der Waals surface area contributed by atoms with Gasteiger partial charge in [-0.25, -0.2) is 9.80 Å². The Hall–Kier alpha value is -4.07. The highest BCUT2D eigenvalue weighted by Gasteiger charge is 2.45. The lowest BCUT2D eigenvalue weighted by Gasteiger charge is -2.27. The third-order valence-corrected chi connectivity index (χ3v) is 6.18. The van der Waals surface area contributed by atoms with Crippen LogP contribution in [0.1, 0.15) is 54.1 Å². The van der Waals surface area contributed by atoms with Gasteiger partial charge >= 0.3 is 5.97 Å². The van der Waals surface area contributed by atoms with Gasteiger partial charge in [0.1, 0.15) is 23.3 Å². The van der Waals surface area contributed by atoms with E-state index >= 15 is 0 Å². The molecule has 3 heterocycles. The second-order valence-electron chi connectivity index (χ2n) is 8.40. The third-order valence-electron chi connectivity index (χ3n) is 6.18. The summed E-state index contributed by atoms with van der Waals surface area (Å²) in [5.74, 6) is 1.05.